The van der Waals surface area contributed by atoms with E-state index in [9.17, 15) is 14.4 Å². The summed E-state index contributed by atoms with van der Waals surface area (Å²) in [6, 6.07) is 6.58. The van der Waals surface area contributed by atoms with Gasteiger partial charge in [-0.15, -0.1) is 0 Å². The second-order valence-electron chi connectivity index (χ2n) is 5.72. The lowest BCUT2D eigenvalue weighted by Crippen LogP contribution is -2.32. The molecule has 3 aliphatic rings. The van der Waals surface area contributed by atoms with Crippen LogP contribution >= 0.6 is 0 Å². The van der Waals surface area contributed by atoms with Crippen molar-refractivity contribution < 1.29 is 14.4 Å². The van der Waals surface area contributed by atoms with Gasteiger partial charge in [-0.2, -0.15) is 0 Å². The number of carbonyl (C=O) groups excluding carboxylic acids is 3. The van der Waals surface area contributed by atoms with Crippen molar-refractivity contribution in [2.75, 3.05) is 4.90 Å². The maximum atomic E-state index is 12.5. The van der Waals surface area contributed by atoms with Crippen LogP contribution < -0.4 is 4.90 Å². The van der Waals surface area contributed by atoms with Gasteiger partial charge in [0.25, 0.3) is 0 Å². The van der Waals surface area contributed by atoms with Gasteiger partial charge in [0.1, 0.15) is 6.29 Å². The number of aldehydes is 1. The van der Waals surface area contributed by atoms with Crippen molar-refractivity contribution in [3.8, 4) is 0 Å². The molecule has 2 bridgehead atoms. The molecule has 1 saturated heterocycles. The van der Waals surface area contributed by atoms with Crippen molar-refractivity contribution in [2.45, 2.75) is 6.42 Å². The number of anilines is 1. The molecule has 0 radical (unpaired) electrons. The maximum Gasteiger partial charge on any atom is 0.238 e. The summed E-state index contributed by atoms with van der Waals surface area (Å²) in [5.41, 5.74) is 1.11. The Labute approximate surface area is 116 Å². The first kappa shape index (κ1) is 11.6. The van der Waals surface area contributed by atoms with Crippen molar-refractivity contribution >= 4 is 23.8 Å². The van der Waals surface area contributed by atoms with Crippen molar-refractivity contribution in [3.63, 3.8) is 0 Å². The minimum absolute atomic E-state index is 0.0873. The molecule has 20 heavy (non-hydrogen) atoms. The fourth-order valence-corrected chi connectivity index (χ4v) is 3.86. The minimum Gasteiger partial charge on any atom is -0.298 e. The van der Waals surface area contributed by atoms with Crippen molar-refractivity contribution in [1.82, 2.24) is 0 Å². The first-order chi connectivity index (χ1) is 9.70. The number of hydrogen-bond acceptors (Lipinski definition) is 3. The summed E-state index contributed by atoms with van der Waals surface area (Å²) in [6.45, 7) is 0. The van der Waals surface area contributed by atoms with Gasteiger partial charge in [-0.1, -0.05) is 12.2 Å². The van der Waals surface area contributed by atoms with Gasteiger partial charge in [0, 0.05) is 5.56 Å². The van der Waals surface area contributed by atoms with Crippen molar-refractivity contribution in [3.05, 3.63) is 42.0 Å². The molecule has 4 rings (SSSR count). The molecule has 2 aliphatic carbocycles. The quantitative estimate of drug-likeness (QED) is 0.466. The minimum atomic E-state index is -0.178. The molecule has 2 fully saturated rings. The number of imide groups is 1. The molecule has 4 nitrogen and oxygen atoms in total. The molecule has 1 aliphatic heterocycles. The Hall–Kier alpha value is -2.23. The lowest BCUT2D eigenvalue weighted by molar-refractivity contribution is -0.123. The Bertz CT molecular complexity index is 616. The summed E-state index contributed by atoms with van der Waals surface area (Å²) >= 11 is 0. The highest BCUT2D eigenvalue weighted by Gasteiger charge is 2.59. The number of carbonyl (C=O) groups is 3. The third-order valence-corrected chi connectivity index (χ3v) is 4.76. The molecule has 100 valence electrons. The first-order valence-electron chi connectivity index (χ1n) is 6.82. The molecule has 0 aromatic heterocycles. The second-order valence-corrected chi connectivity index (χ2v) is 5.72. The van der Waals surface area contributed by atoms with Crippen LogP contribution in [0.4, 0.5) is 5.69 Å². The van der Waals surface area contributed by atoms with E-state index in [4.69, 9.17) is 0 Å². The lowest BCUT2D eigenvalue weighted by Gasteiger charge is -2.17. The maximum absolute atomic E-state index is 12.5. The van der Waals surface area contributed by atoms with E-state index >= 15 is 0 Å². The van der Waals surface area contributed by atoms with E-state index in [1.165, 1.54) is 4.90 Å². The van der Waals surface area contributed by atoms with Gasteiger partial charge < -0.3 is 0 Å². The molecule has 4 atom stereocenters. The third kappa shape index (κ3) is 1.33. The summed E-state index contributed by atoms with van der Waals surface area (Å²) in [7, 11) is 0. The smallest absolute Gasteiger partial charge is 0.238 e. The number of amides is 2. The molecule has 0 N–H and O–H groups in total. The molecular formula is C16H13NO3. The summed E-state index contributed by atoms with van der Waals surface area (Å²) in [6.07, 6.45) is 5.84. The molecule has 2 amide bonds. The summed E-state index contributed by atoms with van der Waals surface area (Å²) in [4.78, 5) is 37.1. The van der Waals surface area contributed by atoms with Gasteiger partial charge in [0.2, 0.25) is 11.8 Å². The standard InChI is InChI=1S/C16H13NO3/c18-8-9-1-5-12(6-2-9)17-15(19)13-10-3-4-11(7-10)14(13)16(17)20/h1-6,8,10-11,13-14H,7H2/t10-,11+,13?,14?. The molecular weight excluding hydrogens is 254 g/mol. The van der Waals surface area contributed by atoms with Crippen LogP contribution in [0.2, 0.25) is 0 Å². The zero-order chi connectivity index (χ0) is 13.9. The molecule has 0 spiro atoms. The van der Waals surface area contributed by atoms with Gasteiger partial charge in [-0.25, -0.2) is 0 Å². The van der Waals surface area contributed by atoms with Crippen LogP contribution in [-0.2, 0) is 9.59 Å². The van der Waals surface area contributed by atoms with E-state index in [1.807, 2.05) is 0 Å². The highest BCUT2D eigenvalue weighted by Crippen LogP contribution is 2.53. The van der Waals surface area contributed by atoms with Crippen molar-refractivity contribution in [2.24, 2.45) is 23.7 Å². The second kappa shape index (κ2) is 3.88. The van der Waals surface area contributed by atoms with Crippen LogP contribution in [0.3, 0.4) is 0 Å². The molecule has 1 saturated carbocycles. The predicted molar refractivity (Wildman–Crippen MR) is 72.0 cm³/mol. The van der Waals surface area contributed by atoms with E-state index in [0.717, 1.165) is 12.7 Å². The van der Waals surface area contributed by atoms with Gasteiger partial charge in [-0.3, -0.25) is 19.3 Å². The molecule has 1 aromatic carbocycles. The van der Waals surface area contributed by atoms with Crippen LogP contribution in [0.5, 0.6) is 0 Å². The zero-order valence-corrected chi connectivity index (χ0v) is 10.7. The fraction of sp³-hybridized carbons (Fsp3) is 0.312. The largest absolute Gasteiger partial charge is 0.298 e. The first-order valence-corrected chi connectivity index (χ1v) is 6.82. The molecule has 2 unspecified atom stereocenters. The number of fused-ring (bicyclic) bond motifs is 5. The van der Waals surface area contributed by atoms with Crippen LogP contribution in [-0.4, -0.2) is 18.1 Å². The average Bonchev–Trinajstić information content (AvgIpc) is 3.14. The van der Waals surface area contributed by atoms with E-state index in [1.54, 1.807) is 24.3 Å². The third-order valence-electron chi connectivity index (χ3n) is 4.76. The van der Waals surface area contributed by atoms with Gasteiger partial charge in [0.15, 0.2) is 0 Å². The number of allylic oxidation sites excluding steroid dienone is 2. The molecule has 1 heterocycles. The number of hydrogen-bond donors (Lipinski definition) is 0. The lowest BCUT2D eigenvalue weighted by atomic mass is 9.85. The topological polar surface area (TPSA) is 54.5 Å². The highest BCUT2D eigenvalue weighted by molar-refractivity contribution is 6.22. The predicted octanol–water partition coefficient (Wildman–Crippen LogP) is 1.81. The van der Waals surface area contributed by atoms with Crippen LogP contribution in [0.15, 0.2) is 36.4 Å². The summed E-state index contributed by atoms with van der Waals surface area (Å²) in [5.74, 6) is -0.0840. The van der Waals surface area contributed by atoms with Crippen molar-refractivity contribution in [1.29, 1.82) is 0 Å². The summed E-state index contributed by atoms with van der Waals surface area (Å²) in [5, 5.41) is 0. The SMILES string of the molecule is O=Cc1ccc(N2C(=O)C3C(C2=O)[C@H]2C=C[C@@H]3C2)cc1. The van der Waals surface area contributed by atoms with Gasteiger partial charge >= 0.3 is 0 Å². The Morgan fingerprint density at radius 1 is 0.950 bits per heavy atom. The van der Waals surface area contributed by atoms with Gasteiger partial charge in [0.05, 0.1) is 17.5 Å². The Morgan fingerprint density at radius 2 is 1.50 bits per heavy atom. The molecule has 1 aromatic rings. The van der Waals surface area contributed by atoms with Crippen LogP contribution in [0.1, 0.15) is 16.8 Å². The normalized spacial score (nSPS) is 33.9. The Balaban J connectivity index is 1.71. The van der Waals surface area contributed by atoms with E-state index in [0.29, 0.717) is 11.3 Å². The fourth-order valence-electron chi connectivity index (χ4n) is 3.86. The van der Waals surface area contributed by atoms with Gasteiger partial charge in [-0.05, 0) is 42.5 Å². The number of benzene rings is 1. The Morgan fingerprint density at radius 3 is 2.00 bits per heavy atom. The van der Waals surface area contributed by atoms with E-state index in [-0.39, 0.29) is 35.5 Å². The number of nitrogens with zero attached hydrogens (tertiary/aromatic N) is 1. The monoisotopic (exact) mass is 267 g/mol. The number of rotatable bonds is 2. The van der Waals surface area contributed by atoms with E-state index in [2.05, 4.69) is 12.2 Å². The Kier molecular flexibility index (Phi) is 2.25. The summed E-state index contributed by atoms with van der Waals surface area (Å²) < 4.78 is 0. The highest BCUT2D eigenvalue weighted by atomic mass is 16.2. The van der Waals surface area contributed by atoms with Crippen LogP contribution in [0.25, 0.3) is 0 Å². The van der Waals surface area contributed by atoms with E-state index < -0.39 is 0 Å². The average molecular weight is 267 g/mol. The molecule has 4 heteroatoms. The zero-order valence-electron chi connectivity index (χ0n) is 10.7. The van der Waals surface area contributed by atoms with Crippen LogP contribution in [0, 0.1) is 23.7 Å².